The van der Waals surface area contributed by atoms with Crippen LogP contribution in [0.1, 0.15) is 10.4 Å². The Bertz CT molecular complexity index is 439. The normalized spacial score (nSPS) is 9.12. The van der Waals surface area contributed by atoms with Gasteiger partial charge in [-0.05, 0) is 23.7 Å². The fourth-order valence-corrected chi connectivity index (χ4v) is 1.21. The van der Waals surface area contributed by atoms with E-state index in [1.165, 1.54) is 14.2 Å². The molecule has 0 atom stereocenters. The zero-order valence-corrected chi connectivity index (χ0v) is 9.01. The molecule has 1 aromatic rings. The van der Waals surface area contributed by atoms with Crippen molar-refractivity contribution in [3.05, 3.63) is 34.2 Å². The van der Waals surface area contributed by atoms with E-state index in [2.05, 4.69) is 10.0 Å². The number of benzene rings is 1. The Morgan fingerprint density at radius 1 is 1.44 bits per heavy atom. The van der Waals surface area contributed by atoms with Crippen LogP contribution in [0.2, 0.25) is 0 Å². The van der Waals surface area contributed by atoms with Gasteiger partial charge in [0.05, 0.1) is 26.3 Å². The average Bonchev–Trinajstić information content (AvgIpc) is 2.35. The largest absolute Gasteiger partial charge is 0.497 e. The zero-order chi connectivity index (χ0) is 12.0. The molecule has 0 fully saturated rings. The summed E-state index contributed by atoms with van der Waals surface area (Å²) in [4.78, 5) is 14.2. The van der Waals surface area contributed by atoms with Gasteiger partial charge in [0.15, 0.2) is 5.78 Å². The van der Waals surface area contributed by atoms with E-state index < -0.39 is 0 Å². The Balaban J connectivity index is 3.07. The maximum atomic E-state index is 11.7. The molecule has 0 saturated carbocycles. The van der Waals surface area contributed by atoms with Crippen LogP contribution < -0.4 is 9.47 Å². The summed E-state index contributed by atoms with van der Waals surface area (Å²) in [5, 5.41) is 3.21. The minimum atomic E-state index is -0.312. The molecule has 0 heterocycles. The lowest BCUT2D eigenvalue weighted by molar-refractivity contribution is 0.0998. The maximum Gasteiger partial charge on any atom is 0.172 e. The Morgan fingerprint density at radius 3 is 2.75 bits per heavy atom. The lowest BCUT2D eigenvalue weighted by Crippen LogP contribution is -2.05. The lowest BCUT2D eigenvalue weighted by atomic mass is 10.1. The second-order valence-corrected chi connectivity index (χ2v) is 2.88. The number of carbonyl (C=O) groups is 1. The summed E-state index contributed by atoms with van der Waals surface area (Å²) in [6.45, 7) is -0.236. The molecule has 6 heteroatoms. The van der Waals surface area contributed by atoms with Crippen molar-refractivity contribution in [3.8, 4) is 11.5 Å². The first-order valence-electron chi connectivity index (χ1n) is 4.49. The van der Waals surface area contributed by atoms with E-state index in [1.807, 2.05) is 0 Å². The fraction of sp³-hybridized carbons (Fsp3) is 0.300. The number of methoxy groups -OCH3 is 2. The van der Waals surface area contributed by atoms with E-state index in [9.17, 15) is 4.79 Å². The zero-order valence-electron chi connectivity index (χ0n) is 9.01. The highest BCUT2D eigenvalue weighted by Crippen LogP contribution is 2.24. The smallest absolute Gasteiger partial charge is 0.172 e. The summed E-state index contributed by atoms with van der Waals surface area (Å²) in [7, 11) is 2.97. The molecule has 0 aromatic heterocycles. The second-order valence-electron chi connectivity index (χ2n) is 2.88. The summed E-state index contributed by atoms with van der Waals surface area (Å²) >= 11 is 0. The van der Waals surface area contributed by atoms with E-state index >= 15 is 0 Å². The third kappa shape index (κ3) is 2.65. The van der Waals surface area contributed by atoms with E-state index in [-0.39, 0.29) is 12.3 Å². The number of carbonyl (C=O) groups excluding carboxylic acids is 1. The highest BCUT2D eigenvalue weighted by Gasteiger charge is 2.12. The first kappa shape index (κ1) is 11.9. The molecule has 0 aliphatic rings. The minimum absolute atomic E-state index is 0.236. The SMILES string of the molecule is COc1ccc(OC)c(C(=O)CN=[N+]=[N-])c1. The van der Waals surface area contributed by atoms with E-state index in [1.54, 1.807) is 18.2 Å². The van der Waals surface area contributed by atoms with Gasteiger partial charge < -0.3 is 9.47 Å². The number of ether oxygens (including phenoxy) is 2. The number of hydrogen-bond donors (Lipinski definition) is 0. The summed E-state index contributed by atoms with van der Waals surface area (Å²) < 4.78 is 10.0. The summed E-state index contributed by atoms with van der Waals surface area (Å²) in [5.41, 5.74) is 8.48. The molecule has 6 nitrogen and oxygen atoms in total. The van der Waals surface area contributed by atoms with Crippen LogP contribution in [0.3, 0.4) is 0 Å². The molecule has 16 heavy (non-hydrogen) atoms. The van der Waals surface area contributed by atoms with Crippen LogP contribution in [0.25, 0.3) is 10.4 Å². The van der Waals surface area contributed by atoms with Crippen LogP contribution in [0.15, 0.2) is 23.3 Å². The van der Waals surface area contributed by atoms with Crippen molar-refractivity contribution in [2.24, 2.45) is 5.11 Å². The predicted molar refractivity (Wildman–Crippen MR) is 57.9 cm³/mol. The highest BCUT2D eigenvalue weighted by molar-refractivity contribution is 6.00. The van der Waals surface area contributed by atoms with Gasteiger partial charge in [-0.15, -0.1) is 0 Å². The molecular weight excluding hydrogens is 210 g/mol. The Morgan fingerprint density at radius 2 is 2.19 bits per heavy atom. The van der Waals surface area contributed by atoms with Crippen LogP contribution in [0.5, 0.6) is 11.5 Å². The number of rotatable bonds is 5. The molecule has 0 bridgehead atoms. The van der Waals surface area contributed by atoms with Crippen molar-refractivity contribution in [2.45, 2.75) is 0 Å². The third-order valence-electron chi connectivity index (χ3n) is 1.98. The molecule has 0 aliphatic heterocycles. The second kappa shape index (κ2) is 5.63. The Hall–Kier alpha value is -2.20. The number of Topliss-reactive ketones (excluding diaryl/α,β-unsaturated/α-hetero) is 1. The van der Waals surface area contributed by atoms with Gasteiger partial charge in [0, 0.05) is 4.91 Å². The summed E-state index contributed by atoms with van der Waals surface area (Å²) in [6, 6.07) is 4.86. The topological polar surface area (TPSA) is 84.3 Å². The summed E-state index contributed by atoms with van der Waals surface area (Å²) in [6.07, 6.45) is 0. The highest BCUT2D eigenvalue weighted by atomic mass is 16.5. The Kier molecular flexibility index (Phi) is 4.17. The standard InChI is InChI=1S/C10H11N3O3/c1-15-7-3-4-10(16-2)8(5-7)9(14)6-12-13-11/h3-5H,6H2,1-2H3. The molecule has 84 valence electrons. The molecule has 1 rings (SSSR count). The minimum Gasteiger partial charge on any atom is -0.497 e. The molecule has 0 amide bonds. The number of hydrogen-bond acceptors (Lipinski definition) is 4. The van der Waals surface area contributed by atoms with Crippen molar-refractivity contribution in [2.75, 3.05) is 20.8 Å². The number of azide groups is 1. The molecule has 0 unspecified atom stereocenters. The van der Waals surface area contributed by atoms with Crippen LogP contribution in [-0.2, 0) is 0 Å². The van der Waals surface area contributed by atoms with Crippen LogP contribution in [0, 0.1) is 0 Å². The quantitative estimate of drug-likeness (QED) is 0.330. The van der Waals surface area contributed by atoms with Crippen molar-refractivity contribution in [1.82, 2.24) is 0 Å². The molecule has 0 N–H and O–H groups in total. The van der Waals surface area contributed by atoms with Gasteiger partial charge in [-0.1, -0.05) is 5.11 Å². The third-order valence-corrected chi connectivity index (χ3v) is 1.98. The van der Waals surface area contributed by atoms with Crippen LogP contribution in [-0.4, -0.2) is 26.5 Å². The molecular formula is C10H11N3O3. The monoisotopic (exact) mass is 221 g/mol. The van der Waals surface area contributed by atoms with Crippen molar-refractivity contribution in [1.29, 1.82) is 0 Å². The van der Waals surface area contributed by atoms with E-state index in [0.717, 1.165) is 0 Å². The first-order valence-corrected chi connectivity index (χ1v) is 4.49. The van der Waals surface area contributed by atoms with Crippen molar-refractivity contribution >= 4 is 5.78 Å². The van der Waals surface area contributed by atoms with Crippen molar-refractivity contribution in [3.63, 3.8) is 0 Å². The number of ketones is 1. The molecule has 1 aromatic carbocycles. The van der Waals surface area contributed by atoms with Crippen molar-refractivity contribution < 1.29 is 14.3 Å². The predicted octanol–water partition coefficient (Wildman–Crippen LogP) is 2.20. The molecule has 0 spiro atoms. The molecule has 0 saturated heterocycles. The Labute approximate surface area is 92.4 Å². The van der Waals surface area contributed by atoms with Gasteiger partial charge in [0.2, 0.25) is 0 Å². The van der Waals surface area contributed by atoms with Crippen LogP contribution in [0.4, 0.5) is 0 Å². The van der Waals surface area contributed by atoms with E-state index in [0.29, 0.717) is 17.1 Å². The van der Waals surface area contributed by atoms with Gasteiger partial charge in [0.25, 0.3) is 0 Å². The van der Waals surface area contributed by atoms with Gasteiger partial charge in [-0.2, -0.15) is 0 Å². The molecule has 0 radical (unpaired) electrons. The van der Waals surface area contributed by atoms with E-state index in [4.69, 9.17) is 15.0 Å². The average molecular weight is 221 g/mol. The van der Waals surface area contributed by atoms with Gasteiger partial charge in [-0.25, -0.2) is 0 Å². The van der Waals surface area contributed by atoms with Gasteiger partial charge >= 0.3 is 0 Å². The number of nitrogens with zero attached hydrogens (tertiary/aromatic N) is 3. The fourth-order valence-electron chi connectivity index (χ4n) is 1.21. The molecule has 0 aliphatic carbocycles. The first-order chi connectivity index (χ1) is 7.72. The maximum absolute atomic E-state index is 11.7. The lowest BCUT2D eigenvalue weighted by Gasteiger charge is -2.08. The van der Waals surface area contributed by atoms with Crippen LogP contribution >= 0.6 is 0 Å². The van der Waals surface area contributed by atoms with Gasteiger partial charge in [-0.3, -0.25) is 4.79 Å². The summed E-state index contributed by atoms with van der Waals surface area (Å²) in [5.74, 6) is 0.664. The van der Waals surface area contributed by atoms with Gasteiger partial charge in [0.1, 0.15) is 11.5 Å².